The third-order valence-electron chi connectivity index (χ3n) is 1.58. The maximum atomic E-state index is 10.7. The maximum Gasteiger partial charge on any atom is 0.155 e. The maximum absolute atomic E-state index is 10.7. The summed E-state index contributed by atoms with van der Waals surface area (Å²) >= 11 is 0. The molecule has 0 saturated heterocycles. The first-order valence-electron chi connectivity index (χ1n) is 3.17. The van der Waals surface area contributed by atoms with Gasteiger partial charge in [0.15, 0.2) is 5.78 Å². The Labute approximate surface area is 60.9 Å². The third kappa shape index (κ3) is 2.13. The van der Waals surface area contributed by atoms with Gasteiger partial charge in [0.1, 0.15) is 5.78 Å². The average Bonchev–Trinajstić information content (AvgIpc) is 1.84. The van der Waals surface area contributed by atoms with Crippen molar-refractivity contribution in [2.75, 3.05) is 0 Å². The number of Topliss-reactive ketones (excluding diaryl/α,β-unsaturated/α-hetero) is 2. The Balaban J connectivity index is 4.22. The lowest BCUT2D eigenvalue weighted by Gasteiger charge is -2.06. The van der Waals surface area contributed by atoms with E-state index in [-0.39, 0.29) is 17.5 Å². The summed E-state index contributed by atoms with van der Waals surface area (Å²) < 4.78 is 0. The highest BCUT2D eigenvalue weighted by Gasteiger charge is 2.14. The first kappa shape index (κ1) is 9.08. The highest BCUT2D eigenvalue weighted by Crippen LogP contribution is 2.09. The van der Waals surface area contributed by atoms with Crippen molar-refractivity contribution in [1.29, 1.82) is 0 Å². The fraction of sp³-hybridized carbons (Fsp3) is 0.500. The molecule has 0 amide bonds. The van der Waals surface area contributed by atoms with Crippen molar-refractivity contribution in [2.24, 2.45) is 5.92 Å². The van der Waals surface area contributed by atoms with E-state index in [9.17, 15) is 9.59 Å². The molecule has 2 heteroatoms. The van der Waals surface area contributed by atoms with Crippen LogP contribution in [0.25, 0.3) is 0 Å². The number of carbonyl (C=O) groups excluding carboxylic acids is 2. The predicted molar refractivity (Wildman–Crippen MR) is 39.7 cm³/mol. The van der Waals surface area contributed by atoms with Crippen LogP contribution in [0.15, 0.2) is 12.2 Å². The first-order chi connectivity index (χ1) is 4.46. The van der Waals surface area contributed by atoms with E-state index in [2.05, 4.69) is 6.58 Å². The summed E-state index contributed by atoms with van der Waals surface area (Å²) in [5, 5.41) is 0. The molecule has 0 aliphatic rings. The highest BCUT2D eigenvalue weighted by atomic mass is 16.1. The van der Waals surface area contributed by atoms with E-state index < -0.39 is 0 Å². The summed E-state index contributed by atoms with van der Waals surface area (Å²) in [6.45, 7) is 8.07. The number of carbonyl (C=O) groups is 2. The number of hydrogen-bond donors (Lipinski definition) is 0. The van der Waals surface area contributed by atoms with Gasteiger partial charge in [0.2, 0.25) is 0 Å². The lowest BCUT2D eigenvalue weighted by Crippen LogP contribution is -2.13. The van der Waals surface area contributed by atoms with E-state index >= 15 is 0 Å². The second-order valence-corrected chi connectivity index (χ2v) is 2.41. The molecular weight excluding hydrogens is 128 g/mol. The molecule has 0 rings (SSSR count). The van der Waals surface area contributed by atoms with Crippen LogP contribution in [0.3, 0.4) is 0 Å². The molecule has 0 aromatic carbocycles. The van der Waals surface area contributed by atoms with Gasteiger partial charge in [-0.3, -0.25) is 9.59 Å². The zero-order chi connectivity index (χ0) is 8.31. The van der Waals surface area contributed by atoms with Gasteiger partial charge in [-0.1, -0.05) is 13.5 Å². The second kappa shape index (κ2) is 3.30. The highest BCUT2D eigenvalue weighted by molar-refractivity contribution is 5.99. The van der Waals surface area contributed by atoms with Gasteiger partial charge in [0, 0.05) is 5.92 Å². The predicted octanol–water partition coefficient (Wildman–Crippen LogP) is 1.36. The van der Waals surface area contributed by atoms with E-state index in [0.717, 1.165) is 0 Å². The minimum Gasteiger partial charge on any atom is -0.299 e. The Morgan fingerprint density at radius 3 is 1.80 bits per heavy atom. The topological polar surface area (TPSA) is 34.1 Å². The van der Waals surface area contributed by atoms with Gasteiger partial charge in [0.25, 0.3) is 0 Å². The first-order valence-corrected chi connectivity index (χ1v) is 3.17. The molecule has 56 valence electrons. The SMILES string of the molecule is C=C(C(C)=O)C(C)C(C)=O. The zero-order valence-corrected chi connectivity index (χ0v) is 6.60. The lowest BCUT2D eigenvalue weighted by molar-refractivity contribution is -0.121. The van der Waals surface area contributed by atoms with E-state index in [1.54, 1.807) is 6.92 Å². The molecule has 0 fully saturated rings. The minimum atomic E-state index is -0.322. The minimum absolute atomic E-state index is 0.0137. The van der Waals surface area contributed by atoms with Crippen molar-refractivity contribution in [2.45, 2.75) is 20.8 Å². The van der Waals surface area contributed by atoms with E-state index in [1.807, 2.05) is 0 Å². The van der Waals surface area contributed by atoms with Gasteiger partial charge in [-0.25, -0.2) is 0 Å². The molecule has 0 aliphatic carbocycles. The second-order valence-electron chi connectivity index (χ2n) is 2.41. The summed E-state index contributed by atoms with van der Waals surface area (Å²) in [7, 11) is 0. The van der Waals surface area contributed by atoms with Crippen LogP contribution in [0.2, 0.25) is 0 Å². The molecule has 0 saturated carbocycles. The Morgan fingerprint density at radius 1 is 1.30 bits per heavy atom. The Kier molecular flexibility index (Phi) is 3.00. The molecule has 10 heavy (non-hydrogen) atoms. The van der Waals surface area contributed by atoms with Crippen molar-refractivity contribution in [3.63, 3.8) is 0 Å². The molecule has 0 bridgehead atoms. The summed E-state index contributed by atoms with van der Waals surface area (Å²) in [4.78, 5) is 21.3. The molecule has 0 aliphatic heterocycles. The van der Waals surface area contributed by atoms with E-state index in [0.29, 0.717) is 5.57 Å². The van der Waals surface area contributed by atoms with Gasteiger partial charge < -0.3 is 0 Å². The zero-order valence-electron chi connectivity index (χ0n) is 6.60. The van der Waals surface area contributed by atoms with Crippen molar-refractivity contribution >= 4 is 11.6 Å². The fourth-order valence-corrected chi connectivity index (χ4v) is 0.550. The Morgan fingerprint density at radius 2 is 1.70 bits per heavy atom. The monoisotopic (exact) mass is 140 g/mol. The molecule has 0 radical (unpaired) electrons. The van der Waals surface area contributed by atoms with Crippen molar-refractivity contribution in [1.82, 2.24) is 0 Å². The third-order valence-corrected chi connectivity index (χ3v) is 1.58. The van der Waals surface area contributed by atoms with E-state index in [1.165, 1.54) is 13.8 Å². The van der Waals surface area contributed by atoms with Crippen LogP contribution in [0.4, 0.5) is 0 Å². The Hall–Kier alpha value is -0.920. The number of hydrogen-bond acceptors (Lipinski definition) is 2. The van der Waals surface area contributed by atoms with Gasteiger partial charge in [-0.15, -0.1) is 0 Å². The van der Waals surface area contributed by atoms with Gasteiger partial charge in [-0.2, -0.15) is 0 Å². The summed E-state index contributed by atoms with van der Waals surface area (Å²) in [5.41, 5.74) is 0.396. The standard InChI is InChI=1S/C8H12O2/c1-5(7(3)9)6(2)8(4)10/h6H,1H2,2-4H3. The molecule has 1 atom stereocenters. The molecule has 0 heterocycles. The van der Waals surface area contributed by atoms with Crippen LogP contribution in [-0.2, 0) is 9.59 Å². The molecule has 2 nitrogen and oxygen atoms in total. The number of rotatable bonds is 3. The lowest BCUT2D eigenvalue weighted by atomic mass is 9.96. The van der Waals surface area contributed by atoms with Crippen LogP contribution in [0.1, 0.15) is 20.8 Å². The smallest absolute Gasteiger partial charge is 0.155 e. The number of allylic oxidation sites excluding steroid dienone is 1. The van der Waals surface area contributed by atoms with Crippen LogP contribution in [0, 0.1) is 5.92 Å². The molecular formula is C8H12O2. The quantitative estimate of drug-likeness (QED) is 0.554. The summed E-state index contributed by atoms with van der Waals surface area (Å²) in [6.07, 6.45) is 0. The fourth-order valence-electron chi connectivity index (χ4n) is 0.550. The average molecular weight is 140 g/mol. The normalized spacial score (nSPS) is 12.3. The van der Waals surface area contributed by atoms with Crippen molar-refractivity contribution in [3.8, 4) is 0 Å². The van der Waals surface area contributed by atoms with Crippen molar-refractivity contribution in [3.05, 3.63) is 12.2 Å². The summed E-state index contributed by atoms with van der Waals surface area (Å²) in [6, 6.07) is 0. The van der Waals surface area contributed by atoms with Gasteiger partial charge >= 0.3 is 0 Å². The van der Waals surface area contributed by atoms with Crippen LogP contribution in [-0.4, -0.2) is 11.6 Å². The van der Waals surface area contributed by atoms with Gasteiger partial charge in [-0.05, 0) is 19.4 Å². The molecule has 1 unspecified atom stereocenters. The van der Waals surface area contributed by atoms with E-state index in [4.69, 9.17) is 0 Å². The van der Waals surface area contributed by atoms with Crippen LogP contribution in [0.5, 0.6) is 0 Å². The Bertz CT molecular complexity index is 180. The summed E-state index contributed by atoms with van der Waals surface area (Å²) in [5.74, 6) is -0.444. The largest absolute Gasteiger partial charge is 0.299 e. The molecule has 0 spiro atoms. The van der Waals surface area contributed by atoms with Gasteiger partial charge in [0.05, 0.1) is 0 Å². The molecule has 0 aromatic heterocycles. The van der Waals surface area contributed by atoms with Crippen molar-refractivity contribution < 1.29 is 9.59 Å². The molecule has 0 aromatic rings. The van der Waals surface area contributed by atoms with Crippen LogP contribution < -0.4 is 0 Å². The number of ketones is 2. The van der Waals surface area contributed by atoms with Crippen LogP contribution >= 0.6 is 0 Å². The molecule has 0 N–H and O–H groups in total.